The zero-order valence-electron chi connectivity index (χ0n) is 5.76. The van der Waals surface area contributed by atoms with Crippen LogP contribution in [0.4, 0.5) is 0 Å². The Balaban J connectivity index is 2.38. The van der Waals surface area contributed by atoms with Crippen LogP contribution in [0, 0.1) is 0 Å². The topological polar surface area (TPSA) is 3.24 Å². The molecule has 0 amide bonds. The van der Waals surface area contributed by atoms with Crippen LogP contribution in [0.25, 0.3) is 0 Å². The summed E-state index contributed by atoms with van der Waals surface area (Å²) in [5, 5.41) is 0. The van der Waals surface area contributed by atoms with Gasteiger partial charge in [-0.15, -0.1) is 0 Å². The molecule has 0 aliphatic carbocycles. The maximum atomic E-state index is 4.72. The molecule has 9 heavy (non-hydrogen) atoms. The van der Waals surface area contributed by atoms with Gasteiger partial charge in [-0.25, -0.2) is 0 Å². The van der Waals surface area contributed by atoms with Gasteiger partial charge in [-0.2, -0.15) is 0 Å². The zero-order chi connectivity index (χ0) is 6.69. The highest BCUT2D eigenvalue weighted by molar-refractivity contribution is 7.78. The molecule has 0 aromatic carbocycles. The smallest absolute Gasteiger partial charge is 0.137 e. The fourth-order valence-electron chi connectivity index (χ4n) is 1.23. The Labute approximate surface area is 62.0 Å². The molecule has 1 aliphatic heterocycles. The van der Waals surface area contributed by atoms with E-state index in [1.807, 2.05) is 0 Å². The molecule has 1 nitrogen and oxygen atoms in total. The third-order valence-corrected chi connectivity index (χ3v) is 2.15. The first-order valence-electron chi connectivity index (χ1n) is 3.49. The van der Waals surface area contributed by atoms with Gasteiger partial charge in [-0.1, -0.05) is 12.2 Å². The minimum absolute atomic E-state index is 0.635. The van der Waals surface area contributed by atoms with Crippen LogP contribution >= 0.6 is 12.2 Å². The summed E-state index contributed by atoms with van der Waals surface area (Å²) in [4.78, 5) is 2.12. The van der Waals surface area contributed by atoms with Crippen molar-refractivity contribution in [3.63, 3.8) is 0 Å². The van der Waals surface area contributed by atoms with Crippen molar-refractivity contribution in [1.82, 2.24) is 4.90 Å². The highest BCUT2D eigenvalue weighted by Gasteiger charge is 2.14. The van der Waals surface area contributed by atoms with Gasteiger partial charge >= 0.3 is 0 Å². The average molecular weight is 142 g/mol. The zero-order valence-corrected chi connectivity index (χ0v) is 6.58. The van der Waals surface area contributed by atoms with Crippen LogP contribution in [-0.2, 0) is 0 Å². The van der Waals surface area contributed by atoms with Gasteiger partial charge in [0, 0.05) is 12.6 Å². The minimum Gasteiger partial charge on any atom is -0.358 e. The number of likely N-dealkylation sites (tertiary alicyclic amines) is 1. The SMILES string of the molecule is CC1CCCCN1[C]=S. The van der Waals surface area contributed by atoms with Gasteiger partial charge in [0.15, 0.2) is 0 Å². The molecule has 1 radical (unpaired) electrons. The fraction of sp³-hybridized carbons (Fsp3) is 0.857. The summed E-state index contributed by atoms with van der Waals surface area (Å²) in [6, 6.07) is 0.635. The molecule has 1 aliphatic rings. The minimum atomic E-state index is 0.635. The fourth-order valence-corrected chi connectivity index (χ4v) is 1.50. The van der Waals surface area contributed by atoms with E-state index >= 15 is 0 Å². The first-order chi connectivity index (χ1) is 4.34. The summed E-state index contributed by atoms with van der Waals surface area (Å²) in [7, 11) is 0. The molecule has 0 saturated carbocycles. The van der Waals surface area contributed by atoms with Gasteiger partial charge in [-0.3, -0.25) is 0 Å². The summed E-state index contributed by atoms with van der Waals surface area (Å²) in [6.45, 7) is 3.32. The average Bonchev–Trinajstić information content (AvgIpc) is 1.89. The van der Waals surface area contributed by atoms with Crippen molar-refractivity contribution < 1.29 is 0 Å². The van der Waals surface area contributed by atoms with E-state index in [-0.39, 0.29) is 0 Å². The molecule has 0 bridgehead atoms. The lowest BCUT2D eigenvalue weighted by Gasteiger charge is -2.30. The summed E-state index contributed by atoms with van der Waals surface area (Å²) in [5.41, 5.74) is 2.77. The van der Waals surface area contributed by atoms with Gasteiger partial charge in [0.1, 0.15) is 5.49 Å². The van der Waals surface area contributed by atoms with Crippen LogP contribution in [0.5, 0.6) is 0 Å². The lowest BCUT2D eigenvalue weighted by atomic mass is 10.1. The molecule has 1 atom stereocenters. The van der Waals surface area contributed by atoms with Crippen LogP contribution in [-0.4, -0.2) is 23.0 Å². The first kappa shape index (κ1) is 7.00. The van der Waals surface area contributed by atoms with E-state index < -0.39 is 0 Å². The lowest BCUT2D eigenvalue weighted by molar-refractivity contribution is 0.269. The number of thiocarbonyl (C=S) groups is 1. The Kier molecular flexibility index (Phi) is 2.46. The normalized spacial score (nSPS) is 28.1. The Hall–Kier alpha value is -0.110. The Morgan fingerprint density at radius 1 is 1.56 bits per heavy atom. The Morgan fingerprint density at radius 3 is 2.78 bits per heavy atom. The molecule has 0 aromatic heterocycles. The number of hydrogen-bond donors (Lipinski definition) is 0. The van der Waals surface area contributed by atoms with Gasteiger partial charge < -0.3 is 4.90 Å². The monoisotopic (exact) mass is 142 g/mol. The molecular weight excluding hydrogens is 130 g/mol. The van der Waals surface area contributed by atoms with E-state index in [0.29, 0.717) is 6.04 Å². The van der Waals surface area contributed by atoms with E-state index in [1.165, 1.54) is 19.3 Å². The predicted octanol–water partition coefficient (Wildman–Crippen LogP) is 1.70. The molecule has 1 saturated heterocycles. The third-order valence-electron chi connectivity index (χ3n) is 1.92. The highest BCUT2D eigenvalue weighted by atomic mass is 32.1. The van der Waals surface area contributed by atoms with Crippen molar-refractivity contribution in [3.8, 4) is 0 Å². The van der Waals surface area contributed by atoms with E-state index in [1.54, 1.807) is 0 Å². The molecule has 1 unspecified atom stereocenters. The van der Waals surface area contributed by atoms with Crippen molar-refractivity contribution in [3.05, 3.63) is 0 Å². The molecule has 0 spiro atoms. The second-order valence-corrected chi connectivity index (χ2v) is 2.81. The van der Waals surface area contributed by atoms with Gasteiger partial charge in [0.25, 0.3) is 0 Å². The Morgan fingerprint density at radius 2 is 2.33 bits per heavy atom. The van der Waals surface area contributed by atoms with Gasteiger partial charge in [-0.05, 0) is 26.2 Å². The van der Waals surface area contributed by atoms with E-state index in [2.05, 4.69) is 17.3 Å². The van der Waals surface area contributed by atoms with Crippen LogP contribution < -0.4 is 0 Å². The van der Waals surface area contributed by atoms with E-state index in [0.717, 1.165) is 6.54 Å². The molecule has 0 N–H and O–H groups in total. The maximum absolute atomic E-state index is 4.72. The molecule has 2 heteroatoms. The summed E-state index contributed by atoms with van der Waals surface area (Å²) >= 11 is 4.72. The lowest BCUT2D eigenvalue weighted by Crippen LogP contribution is -2.35. The summed E-state index contributed by atoms with van der Waals surface area (Å²) in [5.74, 6) is 0. The summed E-state index contributed by atoms with van der Waals surface area (Å²) < 4.78 is 0. The van der Waals surface area contributed by atoms with Crippen LogP contribution in [0.15, 0.2) is 0 Å². The highest BCUT2D eigenvalue weighted by Crippen LogP contribution is 2.13. The van der Waals surface area contributed by atoms with Crippen molar-refractivity contribution in [2.75, 3.05) is 6.54 Å². The van der Waals surface area contributed by atoms with Crippen molar-refractivity contribution in [2.45, 2.75) is 32.2 Å². The van der Waals surface area contributed by atoms with Crippen molar-refractivity contribution in [1.29, 1.82) is 0 Å². The second kappa shape index (κ2) is 3.16. The largest absolute Gasteiger partial charge is 0.358 e. The molecule has 0 aromatic rings. The van der Waals surface area contributed by atoms with Crippen LogP contribution in [0.1, 0.15) is 26.2 Å². The molecule has 1 fully saturated rings. The number of nitrogens with zero attached hydrogens (tertiary/aromatic N) is 1. The number of rotatable bonds is 1. The maximum Gasteiger partial charge on any atom is 0.137 e. The van der Waals surface area contributed by atoms with Crippen LogP contribution in [0.3, 0.4) is 0 Å². The van der Waals surface area contributed by atoms with Crippen molar-refractivity contribution >= 4 is 17.7 Å². The molecule has 51 valence electrons. The molecule has 1 rings (SSSR count). The number of piperidine rings is 1. The first-order valence-corrected chi connectivity index (χ1v) is 3.90. The quantitative estimate of drug-likeness (QED) is 0.513. The Bertz CT molecular complexity index is 103. The van der Waals surface area contributed by atoms with Gasteiger partial charge in [0.05, 0.1) is 0 Å². The molecule has 1 heterocycles. The standard InChI is InChI=1S/C7H12NS/c1-7-4-2-3-5-8(7)6-9/h7H,2-5H2,1H3. The third kappa shape index (κ3) is 1.65. The van der Waals surface area contributed by atoms with Crippen LogP contribution in [0.2, 0.25) is 0 Å². The van der Waals surface area contributed by atoms with E-state index in [4.69, 9.17) is 12.2 Å². The molecular formula is C7H12NS. The number of hydrogen-bond acceptors (Lipinski definition) is 1. The predicted molar refractivity (Wildman–Crippen MR) is 42.6 cm³/mol. The second-order valence-electron chi connectivity index (χ2n) is 2.63. The summed E-state index contributed by atoms with van der Waals surface area (Å²) in [6.07, 6.45) is 3.92. The van der Waals surface area contributed by atoms with Gasteiger partial charge in [0.2, 0.25) is 0 Å². The van der Waals surface area contributed by atoms with E-state index in [9.17, 15) is 0 Å². The van der Waals surface area contributed by atoms with Crippen molar-refractivity contribution in [2.24, 2.45) is 0 Å².